The maximum atomic E-state index is 11.6. The minimum absolute atomic E-state index is 0.0986. The zero-order valence-corrected chi connectivity index (χ0v) is 8.76. The maximum absolute atomic E-state index is 11.6. The first kappa shape index (κ1) is 11.4. The number of hydrogen-bond acceptors (Lipinski definition) is 6. The Morgan fingerprint density at radius 3 is 1.50 bits per heavy atom. The second-order valence-corrected chi connectivity index (χ2v) is 3.05. The summed E-state index contributed by atoms with van der Waals surface area (Å²) in [5, 5.41) is 13.5. The number of fused-ring (bicyclic) bond motifs is 1. The van der Waals surface area contributed by atoms with Crippen LogP contribution >= 0.6 is 0 Å². The molecule has 0 aliphatic carbocycles. The van der Waals surface area contributed by atoms with Crippen LogP contribution in [0.4, 0.5) is 0 Å². The lowest BCUT2D eigenvalue weighted by Gasteiger charge is -2.12. The highest BCUT2D eigenvalue weighted by Gasteiger charge is 2.31. The molecule has 2 aliphatic rings. The molecule has 0 atom stereocenters. The molecule has 0 aromatic heterocycles. The monoisotopic (exact) mass is 240 g/mol. The number of nitrogens with one attached hydrogen (secondary N) is 2. The second kappa shape index (κ2) is 4.42. The minimum Gasteiger partial charge on any atom is -0.265 e. The summed E-state index contributed by atoms with van der Waals surface area (Å²) in [6.07, 6.45) is 2.09. The van der Waals surface area contributed by atoms with Crippen molar-refractivity contribution in [3.8, 4) is 0 Å². The van der Waals surface area contributed by atoms with E-state index >= 15 is 0 Å². The maximum Gasteiger partial charge on any atom is 0.300 e. The van der Waals surface area contributed by atoms with Crippen molar-refractivity contribution in [2.24, 2.45) is 20.0 Å². The third-order valence-electron chi connectivity index (χ3n) is 1.92. The van der Waals surface area contributed by atoms with Gasteiger partial charge in [0, 0.05) is 12.2 Å². The van der Waals surface area contributed by atoms with Gasteiger partial charge in [-0.25, -0.2) is 9.98 Å². The molecule has 0 radical (unpaired) electrons. The average Bonchev–Trinajstić information content (AvgIpc) is 2.32. The zero-order chi connectivity index (χ0) is 13.1. The summed E-state index contributed by atoms with van der Waals surface area (Å²) in [5.41, 5.74) is -0.447. The summed E-state index contributed by atoms with van der Waals surface area (Å²) in [6.45, 7) is 0. The van der Waals surface area contributed by atoms with Crippen LogP contribution in [-0.2, 0) is 9.59 Å². The molecule has 0 spiro atoms. The molecule has 0 bridgehead atoms. The van der Waals surface area contributed by atoms with Crippen LogP contribution in [0.3, 0.4) is 0 Å². The molecule has 2 N–H and O–H groups in total. The van der Waals surface area contributed by atoms with Crippen molar-refractivity contribution in [3.63, 3.8) is 0 Å². The SMILES string of the molecule is N=C=CC1=NC(=O)C2=NC(C=C=N)=NC(=O)C2=N1. The van der Waals surface area contributed by atoms with Gasteiger partial charge in [0.05, 0.1) is 0 Å². The van der Waals surface area contributed by atoms with Gasteiger partial charge in [0.1, 0.15) is 0 Å². The van der Waals surface area contributed by atoms with Gasteiger partial charge in [-0.05, 0) is 11.7 Å². The van der Waals surface area contributed by atoms with Crippen LogP contribution in [0, 0.1) is 10.8 Å². The number of amidine groups is 2. The lowest BCUT2D eigenvalue weighted by atomic mass is 10.1. The van der Waals surface area contributed by atoms with Gasteiger partial charge in [-0.3, -0.25) is 20.4 Å². The van der Waals surface area contributed by atoms with Gasteiger partial charge in [0.25, 0.3) is 11.8 Å². The Balaban J connectivity index is 2.54. The van der Waals surface area contributed by atoms with Gasteiger partial charge in [-0.2, -0.15) is 9.98 Å². The van der Waals surface area contributed by atoms with Crippen molar-refractivity contribution in [1.82, 2.24) is 0 Å². The standard InChI is InChI=1S/C10H4N6O2/c11-3-1-5-13-7-8(9(17)15-5)14-6(2-4-12)16-10(7)18/h1-2,11-12H. The molecule has 0 aromatic rings. The third kappa shape index (κ3) is 1.92. The number of carbonyl (C=O) groups excluding carboxylic acids is 2. The molecule has 0 saturated carbocycles. The van der Waals surface area contributed by atoms with E-state index in [-0.39, 0.29) is 23.1 Å². The minimum atomic E-state index is -0.749. The highest BCUT2D eigenvalue weighted by molar-refractivity contribution is 6.84. The molecule has 2 amide bonds. The van der Waals surface area contributed by atoms with Gasteiger partial charge in [-0.1, -0.05) is 0 Å². The highest BCUT2D eigenvalue weighted by atomic mass is 16.2. The van der Waals surface area contributed by atoms with E-state index in [1.165, 1.54) is 0 Å². The van der Waals surface area contributed by atoms with Crippen LogP contribution in [0.2, 0.25) is 0 Å². The Hall–Kier alpha value is -3.08. The number of carbonyl (C=O) groups is 2. The Bertz CT molecular complexity index is 621. The first-order chi connectivity index (χ1) is 8.65. The van der Waals surface area contributed by atoms with Crippen LogP contribution in [0.5, 0.6) is 0 Å². The van der Waals surface area contributed by atoms with Crippen LogP contribution in [0.1, 0.15) is 0 Å². The largest absolute Gasteiger partial charge is 0.300 e. The molecule has 0 aromatic carbocycles. The van der Waals surface area contributed by atoms with Crippen molar-refractivity contribution in [2.75, 3.05) is 0 Å². The Morgan fingerprint density at radius 2 is 1.17 bits per heavy atom. The predicted octanol–water partition coefficient (Wildman–Crippen LogP) is -0.645. The summed E-state index contributed by atoms with van der Waals surface area (Å²) in [6, 6.07) is 0. The van der Waals surface area contributed by atoms with Gasteiger partial charge >= 0.3 is 0 Å². The van der Waals surface area contributed by atoms with Crippen LogP contribution in [-0.4, -0.2) is 46.6 Å². The van der Waals surface area contributed by atoms with E-state index < -0.39 is 11.8 Å². The normalized spacial score (nSPS) is 17.3. The Morgan fingerprint density at radius 1 is 0.778 bits per heavy atom. The van der Waals surface area contributed by atoms with Crippen molar-refractivity contribution in [3.05, 3.63) is 12.2 Å². The highest BCUT2D eigenvalue weighted by Crippen LogP contribution is 2.07. The number of nitrogens with zero attached hydrogens (tertiary/aromatic N) is 4. The van der Waals surface area contributed by atoms with Crippen molar-refractivity contribution >= 4 is 46.6 Å². The number of rotatable bonds is 2. The first-order valence-electron chi connectivity index (χ1n) is 4.60. The van der Waals surface area contributed by atoms with Crippen LogP contribution in [0.15, 0.2) is 32.1 Å². The molecule has 0 unspecified atom stereocenters. The van der Waals surface area contributed by atoms with Crippen molar-refractivity contribution in [1.29, 1.82) is 10.8 Å². The van der Waals surface area contributed by atoms with E-state index in [4.69, 9.17) is 10.8 Å². The Kier molecular flexibility index (Phi) is 2.80. The van der Waals surface area contributed by atoms with Crippen LogP contribution in [0.25, 0.3) is 0 Å². The molecule has 0 saturated heterocycles. The Labute approximate surface area is 99.9 Å². The third-order valence-corrected chi connectivity index (χ3v) is 1.92. The van der Waals surface area contributed by atoms with Crippen molar-refractivity contribution < 1.29 is 9.59 Å². The lowest BCUT2D eigenvalue weighted by Crippen LogP contribution is -2.37. The molecule has 2 aliphatic heterocycles. The molecule has 8 heteroatoms. The first-order valence-corrected chi connectivity index (χ1v) is 4.60. The van der Waals surface area contributed by atoms with Gasteiger partial charge in [-0.15, -0.1) is 0 Å². The smallest absolute Gasteiger partial charge is 0.265 e. The molecule has 8 nitrogen and oxygen atoms in total. The zero-order valence-electron chi connectivity index (χ0n) is 8.76. The van der Waals surface area contributed by atoms with E-state index in [2.05, 4.69) is 20.0 Å². The van der Waals surface area contributed by atoms with Gasteiger partial charge in [0.15, 0.2) is 23.1 Å². The van der Waals surface area contributed by atoms with E-state index in [1.54, 1.807) is 0 Å². The van der Waals surface area contributed by atoms with Gasteiger partial charge in [0.2, 0.25) is 0 Å². The topological polar surface area (TPSA) is 131 Å². The fourth-order valence-electron chi connectivity index (χ4n) is 1.26. The summed E-state index contributed by atoms with van der Waals surface area (Å²) in [4.78, 5) is 37.8. The second-order valence-electron chi connectivity index (χ2n) is 3.05. The van der Waals surface area contributed by atoms with E-state index in [1.807, 2.05) is 11.7 Å². The average molecular weight is 240 g/mol. The summed E-state index contributed by atoms with van der Waals surface area (Å²) in [7, 11) is 0. The van der Waals surface area contributed by atoms with E-state index in [0.717, 1.165) is 12.2 Å². The van der Waals surface area contributed by atoms with Gasteiger partial charge < -0.3 is 0 Å². The fourth-order valence-corrected chi connectivity index (χ4v) is 1.26. The fraction of sp³-hybridized carbons (Fsp3) is 0. The number of aliphatic imine (C=N–C) groups is 4. The summed E-state index contributed by atoms with van der Waals surface area (Å²) in [5.74, 6) is 2.11. The number of amides is 2. The molecular formula is C10H4N6O2. The molecule has 0 fully saturated rings. The molecule has 2 rings (SSSR count). The summed E-state index contributed by atoms with van der Waals surface area (Å²) >= 11 is 0. The van der Waals surface area contributed by atoms with Crippen molar-refractivity contribution in [2.45, 2.75) is 0 Å². The molecule has 2 heterocycles. The quantitative estimate of drug-likeness (QED) is 0.621. The number of hydrogen-bond donors (Lipinski definition) is 2. The predicted molar refractivity (Wildman–Crippen MR) is 64.3 cm³/mol. The molecule has 18 heavy (non-hydrogen) atoms. The van der Waals surface area contributed by atoms with Crippen LogP contribution < -0.4 is 0 Å². The molecular weight excluding hydrogens is 236 g/mol. The summed E-state index contributed by atoms with van der Waals surface area (Å²) < 4.78 is 0. The van der Waals surface area contributed by atoms with E-state index in [0.29, 0.717) is 0 Å². The molecule has 86 valence electrons. The lowest BCUT2D eigenvalue weighted by molar-refractivity contribution is -0.113. The van der Waals surface area contributed by atoms with E-state index in [9.17, 15) is 9.59 Å².